The second-order valence-electron chi connectivity index (χ2n) is 3.98. The molecule has 0 saturated heterocycles. The smallest absolute Gasteiger partial charge is 0.177 e. The first-order chi connectivity index (χ1) is 8.47. The fourth-order valence-electron chi connectivity index (χ4n) is 1.61. The molecule has 0 bridgehead atoms. The number of para-hydroxylation sites is 1. The van der Waals surface area contributed by atoms with Crippen LogP contribution in [0.15, 0.2) is 34.5 Å². The predicted molar refractivity (Wildman–Crippen MR) is 73.7 cm³/mol. The highest BCUT2D eigenvalue weighted by molar-refractivity contribution is 7.90. The van der Waals surface area contributed by atoms with Crippen molar-refractivity contribution in [2.45, 2.75) is 18.4 Å². The summed E-state index contributed by atoms with van der Waals surface area (Å²) in [6, 6.07) is 6.89. The number of rotatable bonds is 4. The van der Waals surface area contributed by atoms with Crippen LogP contribution in [-0.2, 0) is 16.4 Å². The summed E-state index contributed by atoms with van der Waals surface area (Å²) in [6.07, 6.45) is 1.21. The SMILES string of the molecule is Cc1nc(CNc2ccccc2S(C)(=O)=O)cs1. The zero-order chi connectivity index (χ0) is 13.2. The molecule has 4 nitrogen and oxygen atoms in total. The molecule has 0 unspecified atom stereocenters. The number of sulfone groups is 1. The average molecular weight is 282 g/mol. The number of nitrogens with zero attached hydrogens (tertiary/aromatic N) is 1. The van der Waals surface area contributed by atoms with Gasteiger partial charge in [0.2, 0.25) is 0 Å². The lowest BCUT2D eigenvalue weighted by molar-refractivity contribution is 0.602. The minimum atomic E-state index is -3.21. The van der Waals surface area contributed by atoms with E-state index in [0.717, 1.165) is 10.7 Å². The van der Waals surface area contributed by atoms with E-state index in [4.69, 9.17) is 0 Å². The second-order valence-corrected chi connectivity index (χ2v) is 7.03. The number of hydrogen-bond donors (Lipinski definition) is 1. The molecule has 1 aromatic carbocycles. The third-order valence-corrected chi connectivity index (χ3v) is 4.39. The fourth-order valence-corrected chi connectivity index (χ4v) is 3.09. The molecule has 0 amide bonds. The standard InChI is InChI=1S/C12H14N2O2S2/c1-9-14-10(8-17-9)7-13-11-5-3-4-6-12(11)18(2,15)16/h3-6,8,13H,7H2,1-2H3. The Balaban J connectivity index is 2.20. The molecule has 0 fully saturated rings. The Morgan fingerprint density at radius 2 is 2.06 bits per heavy atom. The summed E-state index contributed by atoms with van der Waals surface area (Å²) < 4.78 is 23.2. The average Bonchev–Trinajstić information content (AvgIpc) is 2.72. The third-order valence-electron chi connectivity index (χ3n) is 2.41. The minimum absolute atomic E-state index is 0.317. The lowest BCUT2D eigenvalue weighted by atomic mass is 10.3. The van der Waals surface area contributed by atoms with Gasteiger partial charge in [-0.2, -0.15) is 0 Å². The molecule has 0 spiro atoms. The molecule has 6 heteroatoms. The van der Waals surface area contributed by atoms with Crippen molar-refractivity contribution in [2.75, 3.05) is 11.6 Å². The van der Waals surface area contributed by atoms with Gasteiger partial charge in [0.15, 0.2) is 9.84 Å². The lowest BCUT2D eigenvalue weighted by Gasteiger charge is -2.09. The summed E-state index contributed by atoms with van der Waals surface area (Å²) in [6.45, 7) is 2.47. The molecule has 1 heterocycles. The van der Waals surface area contributed by atoms with E-state index < -0.39 is 9.84 Å². The quantitative estimate of drug-likeness (QED) is 0.936. The Hall–Kier alpha value is -1.40. The lowest BCUT2D eigenvalue weighted by Crippen LogP contribution is -2.06. The number of benzene rings is 1. The maximum absolute atomic E-state index is 11.6. The zero-order valence-electron chi connectivity index (χ0n) is 10.2. The van der Waals surface area contributed by atoms with E-state index in [1.54, 1.807) is 29.5 Å². The van der Waals surface area contributed by atoms with Crippen LogP contribution in [-0.4, -0.2) is 19.7 Å². The first-order valence-electron chi connectivity index (χ1n) is 5.41. The molecule has 18 heavy (non-hydrogen) atoms. The topological polar surface area (TPSA) is 59.1 Å². The molecule has 1 aromatic heterocycles. The molecule has 2 rings (SSSR count). The molecule has 96 valence electrons. The van der Waals surface area contributed by atoms with Crippen LogP contribution in [0.1, 0.15) is 10.7 Å². The first-order valence-corrected chi connectivity index (χ1v) is 8.18. The highest BCUT2D eigenvalue weighted by Gasteiger charge is 2.12. The minimum Gasteiger partial charge on any atom is -0.378 e. The highest BCUT2D eigenvalue weighted by Crippen LogP contribution is 2.21. The van der Waals surface area contributed by atoms with E-state index in [0.29, 0.717) is 17.1 Å². The van der Waals surface area contributed by atoms with Crippen LogP contribution in [0.2, 0.25) is 0 Å². The van der Waals surface area contributed by atoms with E-state index in [-0.39, 0.29) is 0 Å². The Labute approximate surface area is 111 Å². The van der Waals surface area contributed by atoms with Crippen LogP contribution in [0.5, 0.6) is 0 Å². The summed E-state index contributed by atoms with van der Waals surface area (Å²) in [4.78, 5) is 4.64. The Kier molecular flexibility index (Phi) is 3.68. The first kappa shape index (κ1) is 13.0. The number of nitrogens with one attached hydrogen (secondary N) is 1. The number of aromatic nitrogens is 1. The normalized spacial score (nSPS) is 11.4. The maximum atomic E-state index is 11.6. The Bertz CT molecular complexity index is 648. The molecule has 0 aliphatic rings. The van der Waals surface area contributed by atoms with Crippen molar-refractivity contribution >= 4 is 26.9 Å². The van der Waals surface area contributed by atoms with Gasteiger partial charge in [-0.15, -0.1) is 11.3 Å². The highest BCUT2D eigenvalue weighted by atomic mass is 32.2. The van der Waals surface area contributed by atoms with Gasteiger partial charge in [0.25, 0.3) is 0 Å². The second kappa shape index (κ2) is 5.07. The van der Waals surface area contributed by atoms with Gasteiger partial charge in [0.1, 0.15) is 0 Å². The zero-order valence-corrected chi connectivity index (χ0v) is 11.8. The molecule has 0 aliphatic heterocycles. The van der Waals surface area contributed by atoms with Crippen molar-refractivity contribution in [2.24, 2.45) is 0 Å². The van der Waals surface area contributed by atoms with Crippen LogP contribution in [0, 0.1) is 6.92 Å². The summed E-state index contributed by atoms with van der Waals surface area (Å²) in [5.74, 6) is 0. The summed E-state index contributed by atoms with van der Waals surface area (Å²) in [5.41, 5.74) is 1.53. The summed E-state index contributed by atoms with van der Waals surface area (Å²) in [7, 11) is -3.21. The van der Waals surface area contributed by atoms with E-state index in [1.807, 2.05) is 18.4 Å². The van der Waals surface area contributed by atoms with Gasteiger partial charge < -0.3 is 5.32 Å². The predicted octanol–water partition coefficient (Wildman–Crippen LogP) is 2.47. The van der Waals surface area contributed by atoms with E-state index in [9.17, 15) is 8.42 Å². The van der Waals surface area contributed by atoms with Crippen molar-refractivity contribution in [3.63, 3.8) is 0 Å². The Morgan fingerprint density at radius 3 is 2.67 bits per heavy atom. The number of aryl methyl sites for hydroxylation is 1. The molecule has 2 aromatic rings. The van der Waals surface area contributed by atoms with Crippen molar-refractivity contribution in [1.29, 1.82) is 0 Å². The fraction of sp³-hybridized carbons (Fsp3) is 0.250. The van der Waals surface area contributed by atoms with Crippen molar-refractivity contribution in [3.05, 3.63) is 40.3 Å². The van der Waals surface area contributed by atoms with E-state index >= 15 is 0 Å². The molecule has 0 aliphatic carbocycles. The van der Waals surface area contributed by atoms with Gasteiger partial charge in [-0.25, -0.2) is 13.4 Å². The summed E-state index contributed by atoms with van der Waals surface area (Å²) >= 11 is 1.58. The van der Waals surface area contributed by atoms with Gasteiger partial charge in [0, 0.05) is 11.6 Å². The van der Waals surface area contributed by atoms with Gasteiger partial charge >= 0.3 is 0 Å². The van der Waals surface area contributed by atoms with Crippen molar-refractivity contribution in [1.82, 2.24) is 4.98 Å². The van der Waals surface area contributed by atoms with Crippen LogP contribution >= 0.6 is 11.3 Å². The van der Waals surface area contributed by atoms with Gasteiger partial charge in [0.05, 0.1) is 27.8 Å². The maximum Gasteiger partial charge on any atom is 0.177 e. The van der Waals surface area contributed by atoms with E-state index in [1.165, 1.54) is 6.26 Å². The molecule has 0 atom stereocenters. The molecule has 1 N–H and O–H groups in total. The number of anilines is 1. The largest absolute Gasteiger partial charge is 0.378 e. The van der Waals surface area contributed by atoms with Crippen molar-refractivity contribution in [3.8, 4) is 0 Å². The van der Waals surface area contributed by atoms with Crippen LogP contribution in [0.3, 0.4) is 0 Å². The number of thiazole rings is 1. The summed E-state index contributed by atoms with van der Waals surface area (Å²) in [5, 5.41) is 6.08. The molecule has 0 saturated carbocycles. The van der Waals surface area contributed by atoms with Gasteiger partial charge in [-0.3, -0.25) is 0 Å². The van der Waals surface area contributed by atoms with Gasteiger partial charge in [-0.05, 0) is 19.1 Å². The van der Waals surface area contributed by atoms with Crippen LogP contribution in [0.4, 0.5) is 5.69 Å². The van der Waals surface area contributed by atoms with Crippen molar-refractivity contribution < 1.29 is 8.42 Å². The monoisotopic (exact) mass is 282 g/mol. The van der Waals surface area contributed by atoms with Gasteiger partial charge in [-0.1, -0.05) is 12.1 Å². The van der Waals surface area contributed by atoms with E-state index in [2.05, 4.69) is 10.3 Å². The number of hydrogen-bond acceptors (Lipinski definition) is 5. The molecule has 0 radical (unpaired) electrons. The van der Waals surface area contributed by atoms with Crippen LogP contribution < -0.4 is 5.32 Å². The molecular formula is C12H14N2O2S2. The molecular weight excluding hydrogens is 268 g/mol. The van der Waals surface area contributed by atoms with Crippen LogP contribution in [0.25, 0.3) is 0 Å². The third kappa shape index (κ3) is 3.08. The Morgan fingerprint density at radius 1 is 1.33 bits per heavy atom.